The fourth-order valence-electron chi connectivity index (χ4n) is 2.45. The van der Waals surface area contributed by atoms with Crippen LogP contribution in [0.1, 0.15) is 27.2 Å². The highest BCUT2D eigenvalue weighted by atomic mass is 16.5. The molecule has 0 fully saturated rings. The summed E-state index contributed by atoms with van der Waals surface area (Å²) in [5.74, 6) is -1.60. The number of hydrogen-bond acceptors (Lipinski definition) is 6. The quantitative estimate of drug-likeness (QED) is 0.690. The van der Waals surface area contributed by atoms with Crippen molar-refractivity contribution in [3.63, 3.8) is 0 Å². The SMILES string of the molecule is CN(CC(=O)NC(C)(C)C)C(=O)COC(=O)C[C@H]1Oc2ccccc2NC1=O. The molecule has 9 heteroatoms. The van der Waals surface area contributed by atoms with Crippen molar-refractivity contribution < 1.29 is 28.7 Å². The number of esters is 1. The predicted octanol–water partition coefficient (Wildman–Crippen LogP) is 0.693. The molecule has 1 aromatic carbocycles. The summed E-state index contributed by atoms with van der Waals surface area (Å²) in [7, 11) is 1.44. The maximum atomic E-state index is 12.0. The minimum atomic E-state index is -1.03. The second kappa shape index (κ2) is 8.73. The van der Waals surface area contributed by atoms with Crippen LogP contribution in [0.15, 0.2) is 24.3 Å². The van der Waals surface area contributed by atoms with Gasteiger partial charge in [0, 0.05) is 12.6 Å². The number of carbonyl (C=O) groups is 4. The monoisotopic (exact) mass is 391 g/mol. The van der Waals surface area contributed by atoms with Crippen LogP contribution >= 0.6 is 0 Å². The summed E-state index contributed by atoms with van der Waals surface area (Å²) in [6.45, 7) is 4.81. The lowest BCUT2D eigenvalue weighted by atomic mass is 10.1. The average Bonchev–Trinajstić information content (AvgIpc) is 2.58. The van der Waals surface area contributed by atoms with Crippen molar-refractivity contribution in [2.24, 2.45) is 0 Å². The fourth-order valence-corrected chi connectivity index (χ4v) is 2.45. The molecule has 1 atom stereocenters. The Hall–Kier alpha value is -3.10. The van der Waals surface area contributed by atoms with Gasteiger partial charge < -0.3 is 25.0 Å². The van der Waals surface area contributed by atoms with Crippen LogP contribution < -0.4 is 15.4 Å². The Morgan fingerprint density at radius 1 is 1.25 bits per heavy atom. The number of amides is 3. The molecule has 2 N–H and O–H groups in total. The van der Waals surface area contributed by atoms with E-state index in [-0.39, 0.29) is 18.9 Å². The number of carbonyl (C=O) groups excluding carboxylic acids is 4. The van der Waals surface area contributed by atoms with Gasteiger partial charge in [-0.05, 0) is 32.9 Å². The topological polar surface area (TPSA) is 114 Å². The smallest absolute Gasteiger partial charge is 0.310 e. The van der Waals surface area contributed by atoms with E-state index in [0.717, 1.165) is 4.90 Å². The van der Waals surface area contributed by atoms with Gasteiger partial charge >= 0.3 is 5.97 Å². The van der Waals surface area contributed by atoms with Gasteiger partial charge in [0.2, 0.25) is 5.91 Å². The Bertz CT molecular complexity index is 771. The first-order valence-corrected chi connectivity index (χ1v) is 8.82. The number of para-hydroxylation sites is 2. The zero-order valence-electron chi connectivity index (χ0n) is 16.4. The van der Waals surface area contributed by atoms with E-state index in [1.165, 1.54) is 7.05 Å². The van der Waals surface area contributed by atoms with E-state index in [0.29, 0.717) is 11.4 Å². The highest BCUT2D eigenvalue weighted by Gasteiger charge is 2.30. The van der Waals surface area contributed by atoms with Crippen LogP contribution in [0.25, 0.3) is 0 Å². The van der Waals surface area contributed by atoms with Gasteiger partial charge in [-0.15, -0.1) is 0 Å². The van der Waals surface area contributed by atoms with Gasteiger partial charge in [0.1, 0.15) is 5.75 Å². The molecule has 0 saturated heterocycles. The third-order valence-corrected chi connectivity index (χ3v) is 3.74. The molecule has 9 nitrogen and oxygen atoms in total. The molecular formula is C19H25N3O6. The second-order valence-corrected chi connectivity index (χ2v) is 7.50. The number of fused-ring (bicyclic) bond motifs is 1. The molecule has 28 heavy (non-hydrogen) atoms. The van der Waals surface area contributed by atoms with Crippen LogP contribution in [0.5, 0.6) is 5.75 Å². The lowest BCUT2D eigenvalue weighted by Crippen LogP contribution is -2.47. The Kier molecular flexibility index (Phi) is 6.61. The third kappa shape index (κ3) is 6.26. The number of nitrogens with one attached hydrogen (secondary N) is 2. The predicted molar refractivity (Wildman–Crippen MR) is 101 cm³/mol. The molecule has 1 aromatic rings. The van der Waals surface area contributed by atoms with Crippen molar-refractivity contribution >= 4 is 29.4 Å². The molecule has 0 bridgehead atoms. The van der Waals surface area contributed by atoms with Crippen molar-refractivity contribution in [2.75, 3.05) is 25.5 Å². The average molecular weight is 391 g/mol. The van der Waals surface area contributed by atoms with Crippen LogP contribution in [0, 0.1) is 0 Å². The van der Waals surface area contributed by atoms with Gasteiger partial charge in [-0.2, -0.15) is 0 Å². The first-order valence-electron chi connectivity index (χ1n) is 8.82. The summed E-state index contributed by atoms with van der Waals surface area (Å²) in [5.41, 5.74) is 0.120. The summed E-state index contributed by atoms with van der Waals surface area (Å²) in [6, 6.07) is 6.86. The molecule has 152 valence electrons. The molecule has 0 aliphatic carbocycles. The maximum Gasteiger partial charge on any atom is 0.310 e. The van der Waals surface area contributed by atoms with Crippen LogP contribution in [0.2, 0.25) is 0 Å². The molecule has 0 spiro atoms. The molecule has 0 aromatic heterocycles. The summed E-state index contributed by atoms with van der Waals surface area (Å²) in [5, 5.41) is 5.38. The number of hydrogen-bond donors (Lipinski definition) is 2. The van der Waals surface area contributed by atoms with Crippen molar-refractivity contribution in [1.29, 1.82) is 0 Å². The number of likely N-dealkylation sites (N-methyl/N-ethyl adjacent to an activating group) is 1. The normalized spacial score (nSPS) is 15.6. The van der Waals surface area contributed by atoms with Gasteiger partial charge in [0.15, 0.2) is 12.7 Å². The molecular weight excluding hydrogens is 366 g/mol. The number of benzene rings is 1. The highest BCUT2D eigenvalue weighted by Crippen LogP contribution is 2.29. The van der Waals surface area contributed by atoms with Gasteiger partial charge in [0.05, 0.1) is 18.7 Å². The van der Waals surface area contributed by atoms with Crippen LogP contribution in [0.4, 0.5) is 5.69 Å². The lowest BCUT2D eigenvalue weighted by molar-refractivity contribution is -0.154. The van der Waals surface area contributed by atoms with E-state index in [9.17, 15) is 19.2 Å². The fraction of sp³-hybridized carbons (Fsp3) is 0.474. The first-order chi connectivity index (χ1) is 13.0. The van der Waals surface area contributed by atoms with Gasteiger partial charge in [-0.3, -0.25) is 19.2 Å². The zero-order chi connectivity index (χ0) is 20.9. The van der Waals surface area contributed by atoms with E-state index in [1.54, 1.807) is 24.3 Å². The molecule has 0 radical (unpaired) electrons. The summed E-state index contributed by atoms with van der Waals surface area (Å²) in [4.78, 5) is 49.0. The summed E-state index contributed by atoms with van der Waals surface area (Å²) < 4.78 is 10.4. The Morgan fingerprint density at radius 3 is 2.61 bits per heavy atom. The Labute approximate surface area is 163 Å². The van der Waals surface area contributed by atoms with Crippen LogP contribution in [-0.2, 0) is 23.9 Å². The number of nitrogens with zero attached hydrogens (tertiary/aromatic N) is 1. The van der Waals surface area contributed by atoms with Crippen molar-refractivity contribution in [1.82, 2.24) is 10.2 Å². The van der Waals surface area contributed by atoms with Gasteiger partial charge in [-0.25, -0.2) is 0 Å². The van der Waals surface area contributed by atoms with Gasteiger partial charge in [0.25, 0.3) is 11.8 Å². The van der Waals surface area contributed by atoms with E-state index < -0.39 is 36.0 Å². The largest absolute Gasteiger partial charge is 0.478 e. The Morgan fingerprint density at radius 2 is 1.93 bits per heavy atom. The van der Waals surface area contributed by atoms with E-state index in [2.05, 4.69) is 10.6 Å². The Balaban J connectivity index is 1.78. The van der Waals surface area contributed by atoms with E-state index in [1.807, 2.05) is 20.8 Å². The lowest BCUT2D eigenvalue weighted by Gasteiger charge is -2.25. The highest BCUT2D eigenvalue weighted by molar-refractivity contribution is 5.99. The van der Waals surface area contributed by atoms with Crippen molar-refractivity contribution in [3.8, 4) is 5.75 Å². The zero-order valence-corrected chi connectivity index (χ0v) is 16.4. The van der Waals surface area contributed by atoms with Gasteiger partial charge in [-0.1, -0.05) is 12.1 Å². The molecule has 0 saturated carbocycles. The second-order valence-electron chi connectivity index (χ2n) is 7.50. The molecule has 1 aliphatic heterocycles. The number of anilines is 1. The molecule has 3 amide bonds. The molecule has 1 aliphatic rings. The maximum absolute atomic E-state index is 12.0. The summed E-state index contributed by atoms with van der Waals surface area (Å²) in [6.07, 6.45) is -1.37. The number of rotatable bonds is 6. The molecule has 2 rings (SSSR count). The van der Waals surface area contributed by atoms with Crippen LogP contribution in [-0.4, -0.2) is 60.4 Å². The molecule has 0 unspecified atom stereocenters. The molecule has 1 heterocycles. The minimum Gasteiger partial charge on any atom is -0.478 e. The number of ether oxygens (including phenoxy) is 2. The van der Waals surface area contributed by atoms with Crippen molar-refractivity contribution in [3.05, 3.63) is 24.3 Å². The van der Waals surface area contributed by atoms with Crippen molar-refractivity contribution in [2.45, 2.75) is 38.8 Å². The standard InChI is InChI=1S/C19H25N3O6/c1-19(2,3)21-15(23)10-22(4)16(24)11-27-17(25)9-14-18(26)20-12-7-5-6-8-13(12)28-14/h5-8,14H,9-11H2,1-4H3,(H,20,26)(H,21,23)/t14-/m1/s1. The van der Waals surface area contributed by atoms with Crippen LogP contribution in [0.3, 0.4) is 0 Å². The first kappa shape index (κ1) is 21.2. The summed E-state index contributed by atoms with van der Waals surface area (Å²) >= 11 is 0. The van der Waals surface area contributed by atoms with E-state index >= 15 is 0 Å². The minimum absolute atomic E-state index is 0.154. The van der Waals surface area contributed by atoms with E-state index in [4.69, 9.17) is 9.47 Å². The third-order valence-electron chi connectivity index (χ3n) is 3.74.